The maximum atomic E-state index is 11.6. The van der Waals surface area contributed by atoms with Crippen LogP contribution in [0.4, 0.5) is 5.13 Å². The molecule has 7 nitrogen and oxygen atoms in total. The highest BCUT2D eigenvalue weighted by atomic mass is 32.1. The molecule has 0 saturated carbocycles. The number of thiazole rings is 1. The molecule has 2 aromatic rings. The molecule has 0 saturated heterocycles. The molecular formula is C12H16N4O3S. The van der Waals surface area contributed by atoms with E-state index in [4.69, 9.17) is 9.26 Å². The van der Waals surface area contributed by atoms with Crippen LogP contribution in [0.15, 0.2) is 4.52 Å². The lowest BCUT2D eigenvalue weighted by molar-refractivity contribution is 0.0519. The Hall–Kier alpha value is -1.96. The second-order valence-corrected chi connectivity index (χ2v) is 5.25. The van der Waals surface area contributed by atoms with Gasteiger partial charge in [0.1, 0.15) is 0 Å². The lowest BCUT2D eigenvalue weighted by atomic mass is 10.4. The molecule has 1 N–H and O–H groups in total. The van der Waals surface area contributed by atoms with E-state index in [1.54, 1.807) is 13.8 Å². The second-order valence-electron chi connectivity index (χ2n) is 4.05. The maximum Gasteiger partial charge on any atom is 0.358 e. The molecule has 20 heavy (non-hydrogen) atoms. The van der Waals surface area contributed by atoms with Gasteiger partial charge < -0.3 is 14.6 Å². The largest absolute Gasteiger partial charge is 0.461 e. The van der Waals surface area contributed by atoms with E-state index in [0.29, 0.717) is 42.1 Å². The third-order valence-corrected chi connectivity index (χ3v) is 3.39. The van der Waals surface area contributed by atoms with Gasteiger partial charge in [0.2, 0.25) is 5.89 Å². The van der Waals surface area contributed by atoms with Gasteiger partial charge in [0.15, 0.2) is 16.6 Å². The van der Waals surface area contributed by atoms with E-state index >= 15 is 0 Å². The number of hydrogen-bond acceptors (Lipinski definition) is 8. The molecule has 2 heterocycles. The summed E-state index contributed by atoms with van der Waals surface area (Å²) >= 11 is 1.42. The lowest BCUT2D eigenvalue weighted by Gasteiger charge is -1.99. The summed E-state index contributed by atoms with van der Waals surface area (Å²) in [6.45, 7) is 6.33. The fourth-order valence-electron chi connectivity index (χ4n) is 1.58. The highest BCUT2D eigenvalue weighted by Crippen LogP contribution is 2.22. The van der Waals surface area contributed by atoms with Crippen molar-refractivity contribution in [1.29, 1.82) is 0 Å². The van der Waals surface area contributed by atoms with E-state index in [1.807, 2.05) is 6.92 Å². The standard InChI is InChI=1S/C12H16N4O3S/c1-4-18-11(17)10-7(2)20-12(15-10)13-6-5-9-14-8(3)19-16-9/h4-6H2,1-3H3,(H,13,15). The predicted octanol–water partition coefficient (Wildman–Crippen LogP) is 1.97. The number of ether oxygens (including phenoxy) is 1. The smallest absolute Gasteiger partial charge is 0.358 e. The second kappa shape index (κ2) is 6.47. The van der Waals surface area contributed by atoms with Crippen molar-refractivity contribution in [2.75, 3.05) is 18.5 Å². The summed E-state index contributed by atoms with van der Waals surface area (Å²) in [6, 6.07) is 0. The van der Waals surface area contributed by atoms with Crippen LogP contribution < -0.4 is 5.32 Å². The van der Waals surface area contributed by atoms with E-state index < -0.39 is 0 Å². The predicted molar refractivity (Wildman–Crippen MR) is 74.0 cm³/mol. The number of aryl methyl sites for hydroxylation is 2. The maximum absolute atomic E-state index is 11.6. The highest BCUT2D eigenvalue weighted by molar-refractivity contribution is 7.15. The molecule has 0 atom stereocenters. The van der Waals surface area contributed by atoms with E-state index in [2.05, 4.69) is 20.4 Å². The van der Waals surface area contributed by atoms with Crippen molar-refractivity contribution in [3.8, 4) is 0 Å². The monoisotopic (exact) mass is 296 g/mol. The molecule has 2 rings (SSSR count). The Morgan fingerprint density at radius 1 is 1.40 bits per heavy atom. The van der Waals surface area contributed by atoms with Gasteiger partial charge in [-0.2, -0.15) is 4.98 Å². The molecule has 0 amide bonds. The Morgan fingerprint density at radius 3 is 2.85 bits per heavy atom. The first-order valence-electron chi connectivity index (χ1n) is 6.27. The number of anilines is 1. The van der Waals surface area contributed by atoms with E-state index in [9.17, 15) is 4.79 Å². The van der Waals surface area contributed by atoms with E-state index in [1.165, 1.54) is 11.3 Å². The summed E-state index contributed by atoms with van der Waals surface area (Å²) in [4.78, 5) is 20.8. The number of rotatable bonds is 6. The minimum atomic E-state index is -0.386. The van der Waals surface area contributed by atoms with Crippen molar-refractivity contribution in [2.45, 2.75) is 27.2 Å². The zero-order chi connectivity index (χ0) is 14.5. The molecule has 0 aliphatic carbocycles. The average molecular weight is 296 g/mol. The van der Waals surface area contributed by atoms with Crippen molar-refractivity contribution in [3.63, 3.8) is 0 Å². The zero-order valence-corrected chi connectivity index (χ0v) is 12.4. The molecule has 0 spiro atoms. The van der Waals surface area contributed by atoms with Gasteiger partial charge in [0.05, 0.1) is 6.61 Å². The molecule has 0 aliphatic rings. The van der Waals surface area contributed by atoms with E-state index in [-0.39, 0.29) is 5.97 Å². The van der Waals surface area contributed by atoms with Crippen molar-refractivity contribution in [1.82, 2.24) is 15.1 Å². The zero-order valence-electron chi connectivity index (χ0n) is 11.6. The number of hydrogen-bond donors (Lipinski definition) is 1. The number of nitrogens with one attached hydrogen (secondary N) is 1. The van der Waals surface area contributed by atoms with Gasteiger partial charge in [0.25, 0.3) is 0 Å². The van der Waals surface area contributed by atoms with Crippen molar-refractivity contribution < 1.29 is 14.1 Å². The van der Waals surface area contributed by atoms with Crippen LogP contribution in [0.3, 0.4) is 0 Å². The quantitative estimate of drug-likeness (QED) is 0.815. The van der Waals surface area contributed by atoms with Crippen LogP contribution in [0, 0.1) is 13.8 Å². The Morgan fingerprint density at radius 2 is 2.20 bits per heavy atom. The van der Waals surface area contributed by atoms with Crippen molar-refractivity contribution >= 4 is 22.4 Å². The SMILES string of the molecule is CCOC(=O)c1nc(NCCc2noc(C)n2)sc1C. The number of nitrogens with zero attached hydrogens (tertiary/aromatic N) is 3. The molecule has 0 radical (unpaired) electrons. The molecule has 8 heteroatoms. The molecule has 0 unspecified atom stereocenters. The molecule has 0 aliphatic heterocycles. The van der Waals surface area contributed by atoms with E-state index in [0.717, 1.165) is 4.88 Å². The third kappa shape index (κ3) is 3.53. The van der Waals surface area contributed by atoms with Crippen LogP contribution in [0.25, 0.3) is 0 Å². The minimum Gasteiger partial charge on any atom is -0.461 e. The topological polar surface area (TPSA) is 90.1 Å². The Kier molecular flexibility index (Phi) is 4.67. The molecular weight excluding hydrogens is 280 g/mol. The average Bonchev–Trinajstić information content (AvgIpc) is 2.96. The van der Waals surface area contributed by atoms with Crippen LogP contribution in [-0.2, 0) is 11.2 Å². The summed E-state index contributed by atoms with van der Waals surface area (Å²) in [7, 11) is 0. The first-order chi connectivity index (χ1) is 9.60. The van der Waals surface area contributed by atoms with Gasteiger partial charge in [-0.3, -0.25) is 0 Å². The van der Waals surface area contributed by atoms with Crippen LogP contribution in [-0.4, -0.2) is 34.2 Å². The molecule has 0 fully saturated rings. The molecule has 2 aromatic heterocycles. The Bertz CT molecular complexity index is 593. The lowest BCUT2D eigenvalue weighted by Crippen LogP contribution is -2.08. The minimum absolute atomic E-state index is 0.343. The van der Waals surface area contributed by atoms with Gasteiger partial charge in [0, 0.05) is 24.8 Å². The summed E-state index contributed by atoms with van der Waals surface area (Å²) < 4.78 is 9.83. The molecule has 0 aromatic carbocycles. The number of aromatic nitrogens is 3. The van der Waals surface area contributed by atoms with Gasteiger partial charge in [-0.15, -0.1) is 11.3 Å². The van der Waals surface area contributed by atoms with Crippen LogP contribution in [0.2, 0.25) is 0 Å². The first-order valence-corrected chi connectivity index (χ1v) is 7.09. The molecule has 0 bridgehead atoms. The van der Waals surface area contributed by atoms with Crippen LogP contribution >= 0.6 is 11.3 Å². The Balaban J connectivity index is 1.90. The van der Waals surface area contributed by atoms with Crippen molar-refractivity contribution in [3.05, 3.63) is 22.3 Å². The van der Waals surface area contributed by atoms with Gasteiger partial charge in [-0.25, -0.2) is 9.78 Å². The van der Waals surface area contributed by atoms with Crippen molar-refractivity contribution in [2.24, 2.45) is 0 Å². The molecule has 108 valence electrons. The summed E-state index contributed by atoms with van der Waals surface area (Å²) in [6.07, 6.45) is 0.630. The number of carbonyl (C=O) groups is 1. The summed E-state index contributed by atoms with van der Waals surface area (Å²) in [5.41, 5.74) is 0.370. The fourth-order valence-corrected chi connectivity index (χ4v) is 2.41. The summed E-state index contributed by atoms with van der Waals surface area (Å²) in [5, 5.41) is 7.63. The fraction of sp³-hybridized carbons (Fsp3) is 0.500. The number of esters is 1. The van der Waals surface area contributed by atoms with Crippen LogP contribution in [0.5, 0.6) is 0 Å². The third-order valence-electron chi connectivity index (χ3n) is 2.46. The first kappa shape index (κ1) is 14.4. The van der Waals surface area contributed by atoms with Gasteiger partial charge >= 0.3 is 5.97 Å². The normalized spacial score (nSPS) is 10.6. The Labute approximate surface area is 120 Å². The van der Waals surface area contributed by atoms with Crippen LogP contribution in [0.1, 0.15) is 34.0 Å². The van der Waals surface area contributed by atoms with Gasteiger partial charge in [-0.05, 0) is 13.8 Å². The summed E-state index contributed by atoms with van der Waals surface area (Å²) in [5.74, 6) is 0.812. The highest BCUT2D eigenvalue weighted by Gasteiger charge is 2.16. The number of carbonyl (C=O) groups excluding carboxylic acids is 1. The van der Waals surface area contributed by atoms with Gasteiger partial charge in [-0.1, -0.05) is 5.16 Å².